The summed E-state index contributed by atoms with van der Waals surface area (Å²) in [7, 11) is 0. The quantitative estimate of drug-likeness (QED) is 0.132. The van der Waals surface area contributed by atoms with E-state index in [1.807, 2.05) is 13.8 Å². The minimum absolute atomic E-state index is 0. The van der Waals surface area contributed by atoms with Crippen molar-refractivity contribution < 1.29 is 105 Å². The van der Waals surface area contributed by atoms with Crippen molar-refractivity contribution in [2.75, 3.05) is 6.61 Å². The molecule has 1 saturated carbocycles. The second-order valence-electron chi connectivity index (χ2n) is 11.4. The molecule has 2 N–H and O–H groups in total. The standard InChI is InChI=1S/C23H25F5O2.C11H16N2O2.CH3.Cs/c1-5-30-20(29)9-8-19(24)22(25)18(12-15(4)23(26,27)28)21-13(2)10-17(11-14(21)3)16-6-7-16;1-8(2)7-9(11(12)15)13-6-4-3-5-10(13)14;;/h10-12,16H,4-9H2,1-3H3;3-6,8-9H,7H2,1-2H3,(H2,12,15);1H3;/q;;-1;+1/b18-12-,22-19+;;;. The maximum Gasteiger partial charge on any atom is 1.00 e. The van der Waals surface area contributed by atoms with Gasteiger partial charge in [0.05, 0.1) is 13.0 Å². The molecular formula is C35H44CsF5N2O4. The van der Waals surface area contributed by atoms with Crippen LogP contribution in [0.5, 0.6) is 0 Å². The van der Waals surface area contributed by atoms with E-state index in [-0.39, 0.29) is 94.1 Å². The number of carbonyl (C=O) groups is 2. The number of pyridine rings is 1. The number of hydrogen-bond acceptors (Lipinski definition) is 4. The molecule has 0 bridgehead atoms. The average Bonchev–Trinajstić information content (AvgIpc) is 3.79. The van der Waals surface area contributed by atoms with Crippen LogP contribution in [-0.4, -0.2) is 29.2 Å². The summed E-state index contributed by atoms with van der Waals surface area (Å²) in [6.07, 6.45) is -1.06. The first-order valence-corrected chi connectivity index (χ1v) is 14.7. The van der Waals surface area contributed by atoms with E-state index in [1.165, 1.54) is 10.6 Å². The molecule has 3 rings (SSSR count). The SMILES string of the molecule is C=C(/C=C(\C(F)=C(/F)CCC(=O)OCC)c1c(C)cc(C2CC2)cc1C)C(F)(F)F.CC(C)CC(C(N)=O)n1ccccc1=O.[CH3-].[Cs+]. The molecule has 2 aromatic rings. The van der Waals surface area contributed by atoms with Gasteiger partial charge in [-0.15, -0.1) is 0 Å². The molecule has 1 fully saturated rings. The van der Waals surface area contributed by atoms with Crippen LogP contribution < -0.4 is 80.2 Å². The maximum atomic E-state index is 15.0. The van der Waals surface area contributed by atoms with E-state index in [2.05, 4.69) is 11.3 Å². The molecule has 1 aliphatic carbocycles. The van der Waals surface area contributed by atoms with Crippen LogP contribution in [0.15, 0.2) is 71.2 Å². The topological polar surface area (TPSA) is 91.4 Å². The minimum Gasteiger partial charge on any atom is -0.466 e. The van der Waals surface area contributed by atoms with E-state index in [0.717, 1.165) is 18.4 Å². The number of primary amides is 1. The summed E-state index contributed by atoms with van der Waals surface area (Å²) in [4.78, 5) is 34.2. The molecule has 0 saturated heterocycles. The number of amides is 1. The molecule has 47 heavy (non-hydrogen) atoms. The molecule has 0 spiro atoms. The number of rotatable bonds is 12. The molecule has 1 amide bonds. The Balaban J connectivity index is 0.00000105. The summed E-state index contributed by atoms with van der Waals surface area (Å²) >= 11 is 0. The predicted octanol–water partition coefficient (Wildman–Crippen LogP) is 5.55. The summed E-state index contributed by atoms with van der Waals surface area (Å²) in [5.41, 5.74) is 5.59. The third-order valence-corrected chi connectivity index (χ3v) is 7.09. The molecule has 1 unspecified atom stereocenters. The Morgan fingerprint density at radius 3 is 2.13 bits per heavy atom. The van der Waals surface area contributed by atoms with Gasteiger partial charge in [-0.1, -0.05) is 38.6 Å². The largest absolute Gasteiger partial charge is 1.00 e. The van der Waals surface area contributed by atoms with Gasteiger partial charge < -0.3 is 22.5 Å². The van der Waals surface area contributed by atoms with Gasteiger partial charge in [0.2, 0.25) is 5.91 Å². The van der Waals surface area contributed by atoms with Crippen LogP contribution in [0.2, 0.25) is 0 Å². The summed E-state index contributed by atoms with van der Waals surface area (Å²) in [6, 6.07) is 7.85. The number of carbonyl (C=O) groups excluding carboxylic acids is 2. The number of ether oxygens (including phenoxy) is 1. The predicted molar refractivity (Wildman–Crippen MR) is 171 cm³/mol. The number of allylic oxidation sites excluding steroid dienone is 5. The average molecular weight is 785 g/mol. The Morgan fingerprint density at radius 1 is 1.11 bits per heavy atom. The molecule has 1 aliphatic rings. The number of alkyl halides is 3. The second kappa shape index (κ2) is 20.5. The summed E-state index contributed by atoms with van der Waals surface area (Å²) in [5.74, 6) is -3.21. The van der Waals surface area contributed by atoms with Crippen molar-refractivity contribution in [2.24, 2.45) is 11.7 Å². The number of aromatic nitrogens is 1. The van der Waals surface area contributed by atoms with Gasteiger partial charge in [-0.3, -0.25) is 14.4 Å². The number of aryl methyl sites for hydroxylation is 2. The van der Waals surface area contributed by atoms with Crippen molar-refractivity contribution in [3.63, 3.8) is 0 Å². The molecule has 0 radical (unpaired) electrons. The molecule has 1 heterocycles. The fraction of sp³-hybridized carbons (Fsp3) is 0.429. The van der Waals surface area contributed by atoms with Crippen LogP contribution in [0.3, 0.4) is 0 Å². The first kappa shape index (κ1) is 45.0. The zero-order chi connectivity index (χ0) is 34.1. The number of halogens is 5. The normalized spacial score (nSPS) is 14.1. The number of nitrogens with two attached hydrogens (primary N) is 1. The summed E-state index contributed by atoms with van der Waals surface area (Å²) in [5, 5.41) is 0. The van der Waals surface area contributed by atoms with E-state index < -0.39 is 59.7 Å². The Bertz CT molecular complexity index is 1480. The van der Waals surface area contributed by atoms with Gasteiger partial charge in [-0.05, 0) is 86.3 Å². The summed E-state index contributed by atoms with van der Waals surface area (Å²) < 4.78 is 74.8. The van der Waals surface area contributed by atoms with Gasteiger partial charge in [0.15, 0.2) is 5.83 Å². The Hall–Kier alpha value is -1.97. The van der Waals surface area contributed by atoms with Crippen LogP contribution in [0.1, 0.15) is 87.1 Å². The summed E-state index contributed by atoms with van der Waals surface area (Å²) in [6.45, 7) is 11.9. The van der Waals surface area contributed by atoms with E-state index in [1.54, 1.807) is 51.2 Å². The fourth-order valence-corrected chi connectivity index (χ4v) is 4.79. The van der Waals surface area contributed by atoms with Crippen molar-refractivity contribution in [3.8, 4) is 0 Å². The molecule has 12 heteroatoms. The zero-order valence-corrected chi connectivity index (χ0v) is 34.6. The molecule has 254 valence electrons. The number of benzene rings is 1. The van der Waals surface area contributed by atoms with Crippen LogP contribution in [-0.2, 0) is 14.3 Å². The zero-order valence-electron chi connectivity index (χ0n) is 28.3. The third kappa shape index (κ3) is 14.2. The van der Waals surface area contributed by atoms with Gasteiger partial charge in [0.25, 0.3) is 5.56 Å². The fourth-order valence-electron chi connectivity index (χ4n) is 4.79. The number of esters is 1. The van der Waals surface area contributed by atoms with Crippen LogP contribution in [0.25, 0.3) is 5.57 Å². The molecule has 1 aromatic carbocycles. The molecular weight excluding hydrogens is 740 g/mol. The van der Waals surface area contributed by atoms with E-state index in [9.17, 15) is 31.9 Å². The Morgan fingerprint density at radius 2 is 1.68 bits per heavy atom. The van der Waals surface area contributed by atoms with E-state index in [0.29, 0.717) is 35.5 Å². The molecule has 1 aromatic heterocycles. The van der Waals surface area contributed by atoms with Crippen molar-refractivity contribution in [3.05, 3.63) is 106 Å². The van der Waals surface area contributed by atoms with Gasteiger partial charge in [-0.2, -0.15) is 13.2 Å². The molecule has 6 nitrogen and oxygen atoms in total. The Kier molecular flexibility index (Phi) is 19.7. The number of nitrogens with zero attached hydrogens (tertiary/aromatic N) is 1. The first-order valence-electron chi connectivity index (χ1n) is 14.7. The van der Waals surface area contributed by atoms with Gasteiger partial charge in [0, 0.05) is 29.8 Å². The van der Waals surface area contributed by atoms with Gasteiger partial charge >= 0.3 is 81.0 Å². The van der Waals surface area contributed by atoms with E-state index >= 15 is 4.39 Å². The Labute approximate surface area is 333 Å². The molecule has 1 atom stereocenters. The van der Waals surface area contributed by atoms with Crippen LogP contribution in [0.4, 0.5) is 22.0 Å². The monoisotopic (exact) mass is 784 g/mol. The van der Waals surface area contributed by atoms with Crippen LogP contribution >= 0.6 is 0 Å². The van der Waals surface area contributed by atoms with Crippen molar-refractivity contribution in [2.45, 2.75) is 84.9 Å². The van der Waals surface area contributed by atoms with Crippen molar-refractivity contribution in [1.29, 1.82) is 0 Å². The first-order chi connectivity index (χ1) is 21.0. The minimum atomic E-state index is -4.79. The smallest absolute Gasteiger partial charge is 0.466 e. The maximum absolute atomic E-state index is 15.0. The second-order valence-corrected chi connectivity index (χ2v) is 11.4. The molecule has 0 aliphatic heterocycles. The van der Waals surface area contributed by atoms with Crippen molar-refractivity contribution in [1.82, 2.24) is 4.57 Å². The van der Waals surface area contributed by atoms with Crippen LogP contribution in [0, 0.1) is 27.2 Å². The van der Waals surface area contributed by atoms with Crippen molar-refractivity contribution >= 4 is 17.4 Å². The van der Waals surface area contributed by atoms with Gasteiger partial charge in [-0.25, -0.2) is 8.78 Å². The third-order valence-electron chi connectivity index (χ3n) is 7.09. The van der Waals surface area contributed by atoms with Gasteiger partial charge in [0.1, 0.15) is 11.9 Å². The number of hydrogen-bond donors (Lipinski definition) is 1. The van der Waals surface area contributed by atoms with E-state index in [4.69, 9.17) is 5.73 Å².